The minimum absolute atomic E-state index is 0.249. The van der Waals surface area contributed by atoms with Crippen molar-refractivity contribution in [3.05, 3.63) is 30.0 Å². The van der Waals surface area contributed by atoms with Gasteiger partial charge in [-0.2, -0.15) is 10.1 Å². The first-order chi connectivity index (χ1) is 10.3. The van der Waals surface area contributed by atoms with E-state index in [4.69, 9.17) is 4.52 Å². The van der Waals surface area contributed by atoms with Crippen LogP contribution in [0.2, 0.25) is 0 Å². The average Bonchev–Trinajstić information content (AvgIpc) is 3.17. The number of hydrogen-bond acceptors (Lipinski definition) is 5. The first-order valence-electron chi connectivity index (χ1n) is 6.99. The number of aromatic nitrogens is 4. The lowest BCUT2D eigenvalue weighted by Gasteiger charge is -2.18. The van der Waals surface area contributed by atoms with E-state index >= 15 is 0 Å². The summed E-state index contributed by atoms with van der Waals surface area (Å²) in [5.41, 5.74) is 1.09. The summed E-state index contributed by atoms with van der Waals surface area (Å²) in [6, 6.07) is 3.03. The maximum atomic E-state index is 14.2. The van der Waals surface area contributed by atoms with Crippen LogP contribution in [0.4, 0.5) is 4.39 Å². The molecule has 1 aromatic carbocycles. The number of nitrogens with one attached hydrogen (secondary N) is 2. The van der Waals surface area contributed by atoms with Crippen molar-refractivity contribution in [3.8, 4) is 11.4 Å². The van der Waals surface area contributed by atoms with Crippen LogP contribution in [-0.2, 0) is 0 Å². The minimum atomic E-state index is -0.374. The van der Waals surface area contributed by atoms with Crippen molar-refractivity contribution in [1.29, 1.82) is 0 Å². The molecule has 3 heterocycles. The molecule has 0 radical (unpaired) electrons. The zero-order chi connectivity index (χ0) is 14.2. The predicted octanol–water partition coefficient (Wildman–Crippen LogP) is 2.22. The van der Waals surface area contributed by atoms with Gasteiger partial charge < -0.3 is 9.84 Å². The van der Waals surface area contributed by atoms with Gasteiger partial charge in [-0.25, -0.2) is 4.39 Å². The first-order valence-corrected chi connectivity index (χ1v) is 6.99. The summed E-state index contributed by atoms with van der Waals surface area (Å²) in [5, 5.41) is 14.7. The summed E-state index contributed by atoms with van der Waals surface area (Å²) in [6.45, 7) is 1.88. The van der Waals surface area contributed by atoms with Gasteiger partial charge in [-0.1, -0.05) is 5.16 Å². The standard InChI is InChI=1S/C14H14FN5O/c15-10-1-2-11-9(7-17-19-11)12(10)13-18-14(21-20-13)8-3-5-16-6-4-8/h1-2,7-8,16H,3-6H2,(H,17,19). The van der Waals surface area contributed by atoms with Crippen LogP contribution in [0.15, 0.2) is 22.9 Å². The summed E-state index contributed by atoms with van der Waals surface area (Å²) >= 11 is 0. The molecule has 2 N–H and O–H groups in total. The highest BCUT2D eigenvalue weighted by Gasteiger charge is 2.23. The van der Waals surface area contributed by atoms with Crippen molar-refractivity contribution < 1.29 is 8.91 Å². The number of fused-ring (bicyclic) bond motifs is 1. The van der Waals surface area contributed by atoms with E-state index in [0.29, 0.717) is 16.8 Å². The normalized spacial score (nSPS) is 16.6. The molecule has 0 aliphatic carbocycles. The molecule has 4 rings (SSSR count). The number of aromatic amines is 1. The molecule has 0 unspecified atom stereocenters. The molecule has 1 aliphatic rings. The molecular weight excluding hydrogens is 273 g/mol. The average molecular weight is 287 g/mol. The minimum Gasteiger partial charge on any atom is -0.339 e. The number of nitrogens with zero attached hydrogens (tertiary/aromatic N) is 3. The molecule has 2 aromatic heterocycles. The fourth-order valence-corrected chi connectivity index (χ4v) is 2.79. The monoisotopic (exact) mass is 287 g/mol. The fourth-order valence-electron chi connectivity index (χ4n) is 2.79. The Labute approximate surface area is 119 Å². The van der Waals surface area contributed by atoms with E-state index < -0.39 is 0 Å². The van der Waals surface area contributed by atoms with Crippen LogP contribution < -0.4 is 5.32 Å². The lowest BCUT2D eigenvalue weighted by Crippen LogP contribution is -2.26. The van der Waals surface area contributed by atoms with Gasteiger partial charge in [-0.3, -0.25) is 5.10 Å². The Balaban J connectivity index is 1.77. The van der Waals surface area contributed by atoms with Gasteiger partial charge in [-0.05, 0) is 38.1 Å². The van der Waals surface area contributed by atoms with Crippen LogP contribution in [0.25, 0.3) is 22.3 Å². The maximum absolute atomic E-state index is 14.2. The molecule has 3 aromatic rings. The Morgan fingerprint density at radius 2 is 2.10 bits per heavy atom. The molecular formula is C14H14FN5O. The van der Waals surface area contributed by atoms with Gasteiger partial charge in [0.1, 0.15) is 5.82 Å². The van der Waals surface area contributed by atoms with E-state index in [1.54, 1.807) is 12.3 Å². The third-order valence-electron chi connectivity index (χ3n) is 3.93. The largest absolute Gasteiger partial charge is 0.339 e. The van der Waals surface area contributed by atoms with Gasteiger partial charge in [0.15, 0.2) is 0 Å². The topological polar surface area (TPSA) is 79.6 Å². The summed E-state index contributed by atoms with van der Waals surface area (Å²) in [5.74, 6) is 0.750. The van der Waals surface area contributed by atoms with Crippen LogP contribution in [0.5, 0.6) is 0 Å². The second kappa shape index (κ2) is 4.92. The molecule has 108 valence electrons. The summed E-state index contributed by atoms with van der Waals surface area (Å²) in [4.78, 5) is 4.41. The molecule has 0 spiro atoms. The Morgan fingerprint density at radius 3 is 2.95 bits per heavy atom. The van der Waals surface area contributed by atoms with Crippen molar-refractivity contribution in [2.45, 2.75) is 18.8 Å². The number of H-pyrrole nitrogens is 1. The van der Waals surface area contributed by atoms with Gasteiger partial charge >= 0.3 is 0 Å². The van der Waals surface area contributed by atoms with E-state index in [1.807, 2.05) is 0 Å². The van der Waals surface area contributed by atoms with E-state index in [0.717, 1.165) is 31.4 Å². The van der Waals surface area contributed by atoms with Crippen LogP contribution in [0.1, 0.15) is 24.7 Å². The highest BCUT2D eigenvalue weighted by atomic mass is 19.1. The zero-order valence-electron chi connectivity index (χ0n) is 11.3. The van der Waals surface area contributed by atoms with Gasteiger partial charge in [0.05, 0.1) is 17.3 Å². The van der Waals surface area contributed by atoms with E-state index in [2.05, 4.69) is 25.7 Å². The van der Waals surface area contributed by atoms with Crippen molar-refractivity contribution in [2.75, 3.05) is 13.1 Å². The zero-order valence-corrected chi connectivity index (χ0v) is 11.3. The summed E-state index contributed by atoms with van der Waals surface area (Å²) in [7, 11) is 0. The molecule has 0 bridgehead atoms. The number of hydrogen-bond donors (Lipinski definition) is 2. The first kappa shape index (κ1) is 12.5. The van der Waals surface area contributed by atoms with Crippen molar-refractivity contribution in [2.24, 2.45) is 0 Å². The number of benzene rings is 1. The summed E-state index contributed by atoms with van der Waals surface area (Å²) in [6.07, 6.45) is 3.49. The SMILES string of the molecule is Fc1ccc2[nH]ncc2c1-c1noc(C2CCNCC2)n1. The highest BCUT2D eigenvalue weighted by Crippen LogP contribution is 2.31. The second-order valence-corrected chi connectivity index (χ2v) is 5.23. The maximum Gasteiger partial charge on any atom is 0.230 e. The van der Waals surface area contributed by atoms with Gasteiger partial charge in [0.2, 0.25) is 11.7 Å². The van der Waals surface area contributed by atoms with Crippen LogP contribution in [0, 0.1) is 5.82 Å². The number of halogens is 1. The summed E-state index contributed by atoms with van der Waals surface area (Å²) < 4.78 is 19.5. The smallest absolute Gasteiger partial charge is 0.230 e. The number of piperidine rings is 1. The molecule has 1 saturated heterocycles. The second-order valence-electron chi connectivity index (χ2n) is 5.23. The predicted molar refractivity (Wildman–Crippen MR) is 74.2 cm³/mol. The van der Waals surface area contributed by atoms with E-state index in [9.17, 15) is 4.39 Å². The van der Waals surface area contributed by atoms with Crippen LogP contribution in [-0.4, -0.2) is 33.4 Å². The van der Waals surface area contributed by atoms with Gasteiger partial charge in [0.25, 0.3) is 0 Å². The molecule has 21 heavy (non-hydrogen) atoms. The molecule has 1 aliphatic heterocycles. The molecule has 6 nitrogen and oxygen atoms in total. The Bertz CT molecular complexity index is 775. The van der Waals surface area contributed by atoms with Crippen LogP contribution >= 0.6 is 0 Å². The highest BCUT2D eigenvalue weighted by molar-refractivity contribution is 5.92. The third kappa shape index (κ3) is 2.09. The van der Waals surface area contributed by atoms with E-state index in [-0.39, 0.29) is 17.6 Å². The molecule has 1 fully saturated rings. The van der Waals surface area contributed by atoms with Gasteiger partial charge in [-0.15, -0.1) is 0 Å². The van der Waals surface area contributed by atoms with Crippen molar-refractivity contribution >= 4 is 10.9 Å². The number of rotatable bonds is 2. The van der Waals surface area contributed by atoms with Crippen molar-refractivity contribution in [1.82, 2.24) is 25.7 Å². The van der Waals surface area contributed by atoms with Gasteiger partial charge in [0, 0.05) is 11.3 Å². The Morgan fingerprint density at radius 1 is 1.24 bits per heavy atom. The fraction of sp³-hybridized carbons (Fsp3) is 0.357. The van der Waals surface area contributed by atoms with Crippen molar-refractivity contribution in [3.63, 3.8) is 0 Å². The van der Waals surface area contributed by atoms with E-state index in [1.165, 1.54) is 6.07 Å². The Kier molecular flexibility index (Phi) is 2.92. The molecule has 0 atom stereocenters. The quantitative estimate of drug-likeness (QED) is 0.755. The molecule has 7 heteroatoms. The van der Waals surface area contributed by atoms with Crippen LogP contribution in [0.3, 0.4) is 0 Å². The third-order valence-corrected chi connectivity index (χ3v) is 3.93. The Hall–Kier alpha value is -2.28. The lowest BCUT2D eigenvalue weighted by atomic mass is 9.98. The lowest BCUT2D eigenvalue weighted by molar-refractivity contribution is 0.320. The molecule has 0 amide bonds. The molecule has 0 saturated carbocycles.